The second kappa shape index (κ2) is 10.3. The number of aromatic nitrogens is 1. The molecule has 2 heterocycles. The van der Waals surface area contributed by atoms with Crippen LogP contribution in [-0.2, 0) is 6.54 Å². The molecule has 0 radical (unpaired) electrons. The summed E-state index contributed by atoms with van der Waals surface area (Å²) in [6.45, 7) is 4.86. The molecule has 1 aliphatic rings. The van der Waals surface area contributed by atoms with Gasteiger partial charge in [-0.25, -0.2) is 4.79 Å². The van der Waals surface area contributed by atoms with E-state index in [4.69, 9.17) is 16.3 Å². The molecule has 4 rings (SSSR count). The summed E-state index contributed by atoms with van der Waals surface area (Å²) < 4.78 is 5.32. The van der Waals surface area contributed by atoms with Crippen LogP contribution in [-0.4, -0.2) is 53.6 Å². The molecule has 0 saturated carbocycles. The fraction of sp³-hybridized carbons (Fsp3) is 0.360. The molecule has 2 N–H and O–H groups in total. The van der Waals surface area contributed by atoms with E-state index in [0.717, 1.165) is 36.8 Å². The van der Waals surface area contributed by atoms with Crippen molar-refractivity contribution in [1.29, 1.82) is 0 Å². The highest BCUT2D eigenvalue weighted by atomic mass is 35.5. The van der Waals surface area contributed by atoms with Gasteiger partial charge >= 0.3 is 6.03 Å². The van der Waals surface area contributed by atoms with Crippen molar-refractivity contribution in [2.45, 2.75) is 32.4 Å². The fourth-order valence-electron chi connectivity index (χ4n) is 4.41. The van der Waals surface area contributed by atoms with Crippen LogP contribution < -0.4 is 15.6 Å². The average Bonchev–Trinajstić information content (AvgIpc) is 3.27. The second-order valence-electron chi connectivity index (χ2n) is 8.32. The van der Waals surface area contributed by atoms with Crippen molar-refractivity contribution >= 4 is 34.2 Å². The van der Waals surface area contributed by atoms with E-state index in [0.29, 0.717) is 28.6 Å². The number of amides is 2. The molecule has 1 atom stereocenters. The lowest BCUT2D eigenvalue weighted by Crippen LogP contribution is -2.45. The first-order valence-corrected chi connectivity index (χ1v) is 11.6. The number of benzene rings is 2. The van der Waals surface area contributed by atoms with Gasteiger partial charge in [-0.3, -0.25) is 9.69 Å². The molecule has 7 nitrogen and oxygen atoms in total. The molecule has 1 saturated heterocycles. The van der Waals surface area contributed by atoms with Crippen molar-refractivity contribution in [2.75, 3.05) is 32.1 Å². The summed E-state index contributed by atoms with van der Waals surface area (Å²) in [6.07, 6.45) is 2.14. The Bertz CT molecular complexity index is 1180. The van der Waals surface area contributed by atoms with Gasteiger partial charge in [0, 0.05) is 39.8 Å². The molecular formula is C25H29ClN4O3. The molecule has 0 spiro atoms. The number of hydrogen-bond donors (Lipinski definition) is 2. The molecule has 2 amide bonds. The largest absolute Gasteiger partial charge is 0.497 e. The molecule has 174 valence electrons. The van der Waals surface area contributed by atoms with Gasteiger partial charge in [-0.1, -0.05) is 18.5 Å². The van der Waals surface area contributed by atoms with Gasteiger partial charge in [0.15, 0.2) is 0 Å². The predicted octanol–water partition coefficient (Wildman–Crippen LogP) is 4.71. The zero-order valence-corrected chi connectivity index (χ0v) is 19.7. The summed E-state index contributed by atoms with van der Waals surface area (Å²) in [5, 5.41) is 4.41. The summed E-state index contributed by atoms with van der Waals surface area (Å²) in [6, 6.07) is 14.4. The lowest BCUT2D eigenvalue weighted by atomic mass is 10.1. The zero-order chi connectivity index (χ0) is 23.4. The number of halogens is 1. The Labute approximate surface area is 198 Å². The van der Waals surface area contributed by atoms with Crippen LogP contribution in [0.4, 0.5) is 10.5 Å². The van der Waals surface area contributed by atoms with Crippen LogP contribution >= 0.6 is 11.6 Å². The van der Waals surface area contributed by atoms with E-state index < -0.39 is 0 Å². The number of hydrogen-bond acceptors (Lipinski definition) is 4. The minimum absolute atomic E-state index is 0.198. The van der Waals surface area contributed by atoms with Crippen molar-refractivity contribution in [3.8, 4) is 5.75 Å². The van der Waals surface area contributed by atoms with Crippen molar-refractivity contribution in [3.63, 3.8) is 0 Å². The summed E-state index contributed by atoms with van der Waals surface area (Å²) in [5.41, 5.74) is 1.72. The van der Waals surface area contributed by atoms with Gasteiger partial charge in [0.1, 0.15) is 5.75 Å². The number of methoxy groups -OCH3 is 1. The van der Waals surface area contributed by atoms with Gasteiger partial charge < -0.3 is 19.9 Å². The number of H-pyrrole nitrogens is 1. The molecular weight excluding hydrogens is 440 g/mol. The average molecular weight is 469 g/mol. The second-order valence-corrected chi connectivity index (χ2v) is 8.76. The highest BCUT2D eigenvalue weighted by Gasteiger charge is 2.28. The Morgan fingerprint density at radius 1 is 1.24 bits per heavy atom. The number of rotatable bonds is 7. The molecule has 0 aliphatic carbocycles. The summed E-state index contributed by atoms with van der Waals surface area (Å²) in [4.78, 5) is 33.2. The third kappa shape index (κ3) is 5.49. The molecule has 1 aromatic heterocycles. The number of carbonyl (C=O) groups is 1. The van der Waals surface area contributed by atoms with Crippen molar-refractivity contribution < 1.29 is 9.53 Å². The number of likely N-dealkylation sites (tertiary alicyclic amines) is 1. The maximum absolute atomic E-state index is 13.3. The number of fused-ring (bicyclic) bond motifs is 1. The van der Waals surface area contributed by atoms with Crippen LogP contribution in [0.25, 0.3) is 10.9 Å². The number of carbonyl (C=O) groups excluding carboxylic acids is 1. The van der Waals surface area contributed by atoms with Gasteiger partial charge in [-0.05, 0) is 74.5 Å². The number of nitrogens with zero attached hydrogens (tertiary/aromatic N) is 2. The van der Waals surface area contributed by atoms with Crippen LogP contribution in [0.5, 0.6) is 5.75 Å². The number of ether oxygens (including phenoxy) is 1. The molecule has 2 aromatic carbocycles. The smallest absolute Gasteiger partial charge is 0.322 e. The lowest BCUT2D eigenvalue weighted by Gasteiger charge is -2.30. The Morgan fingerprint density at radius 3 is 2.76 bits per heavy atom. The van der Waals surface area contributed by atoms with E-state index in [1.54, 1.807) is 36.3 Å². The monoisotopic (exact) mass is 468 g/mol. The summed E-state index contributed by atoms with van der Waals surface area (Å²) in [7, 11) is 1.61. The normalized spacial score (nSPS) is 16.2. The van der Waals surface area contributed by atoms with E-state index in [1.807, 2.05) is 24.3 Å². The van der Waals surface area contributed by atoms with E-state index in [9.17, 15) is 9.59 Å². The molecule has 1 fully saturated rings. The van der Waals surface area contributed by atoms with Crippen LogP contribution in [0.15, 0.2) is 53.3 Å². The van der Waals surface area contributed by atoms with E-state index >= 15 is 0 Å². The van der Waals surface area contributed by atoms with Crippen molar-refractivity contribution in [3.05, 3.63) is 69.5 Å². The van der Waals surface area contributed by atoms with E-state index in [2.05, 4.69) is 22.1 Å². The Kier molecular flexibility index (Phi) is 7.20. The van der Waals surface area contributed by atoms with Gasteiger partial charge in [-0.15, -0.1) is 0 Å². The predicted molar refractivity (Wildman–Crippen MR) is 132 cm³/mol. The fourth-order valence-corrected chi connectivity index (χ4v) is 4.53. The Morgan fingerprint density at radius 2 is 2.03 bits per heavy atom. The molecule has 0 bridgehead atoms. The van der Waals surface area contributed by atoms with Gasteiger partial charge in [-0.2, -0.15) is 0 Å². The number of urea groups is 1. The van der Waals surface area contributed by atoms with Gasteiger partial charge in [0.05, 0.1) is 13.7 Å². The minimum atomic E-state index is -0.245. The van der Waals surface area contributed by atoms with Crippen LogP contribution in [0, 0.1) is 0 Å². The first-order chi connectivity index (χ1) is 16.0. The van der Waals surface area contributed by atoms with Crippen LogP contribution in [0.2, 0.25) is 5.02 Å². The number of likely N-dealkylation sites (N-methyl/N-ethyl adjacent to an activating group) is 1. The van der Waals surface area contributed by atoms with Crippen molar-refractivity contribution in [1.82, 2.24) is 14.8 Å². The quantitative estimate of drug-likeness (QED) is 0.526. The van der Waals surface area contributed by atoms with Crippen LogP contribution in [0.3, 0.4) is 0 Å². The van der Waals surface area contributed by atoms with Crippen LogP contribution in [0.1, 0.15) is 25.3 Å². The third-order valence-corrected chi connectivity index (χ3v) is 6.46. The SMILES string of the molecule is CCN1CCC[C@H]1CN(Cc1cc2cc(OC)ccc2[nH]c1=O)C(=O)Nc1ccc(Cl)cc1. The van der Waals surface area contributed by atoms with Gasteiger partial charge in [0.25, 0.3) is 5.56 Å². The molecule has 0 unspecified atom stereocenters. The highest BCUT2D eigenvalue weighted by molar-refractivity contribution is 6.30. The first kappa shape index (κ1) is 23.1. The number of nitrogens with one attached hydrogen (secondary N) is 2. The Balaban J connectivity index is 1.62. The minimum Gasteiger partial charge on any atom is -0.497 e. The lowest BCUT2D eigenvalue weighted by molar-refractivity contribution is 0.174. The topological polar surface area (TPSA) is 77.7 Å². The van der Waals surface area contributed by atoms with Gasteiger partial charge in [0.2, 0.25) is 0 Å². The maximum atomic E-state index is 13.3. The summed E-state index contributed by atoms with van der Waals surface area (Å²) in [5.74, 6) is 0.711. The van der Waals surface area contributed by atoms with E-state index in [1.165, 1.54) is 0 Å². The Hall–Kier alpha value is -3.03. The molecule has 8 heteroatoms. The number of anilines is 1. The molecule has 3 aromatic rings. The van der Waals surface area contributed by atoms with E-state index in [-0.39, 0.29) is 24.2 Å². The third-order valence-electron chi connectivity index (χ3n) is 6.21. The maximum Gasteiger partial charge on any atom is 0.322 e. The number of aromatic amines is 1. The first-order valence-electron chi connectivity index (χ1n) is 11.2. The molecule has 33 heavy (non-hydrogen) atoms. The van der Waals surface area contributed by atoms with Crippen molar-refractivity contribution in [2.24, 2.45) is 0 Å². The summed E-state index contributed by atoms with van der Waals surface area (Å²) >= 11 is 5.97. The number of pyridine rings is 1. The highest BCUT2D eigenvalue weighted by Crippen LogP contribution is 2.22. The zero-order valence-electron chi connectivity index (χ0n) is 18.9. The molecule has 1 aliphatic heterocycles. The standard InChI is InChI=1S/C25H29ClN4O3/c1-3-29-12-4-5-21(29)16-30(25(32)27-20-8-6-19(26)7-9-20)15-18-13-17-14-22(33-2)10-11-23(17)28-24(18)31/h6-11,13-14,21H,3-5,12,15-16H2,1-2H3,(H,27,32)(H,28,31)/t21-/m0/s1.